The predicted molar refractivity (Wildman–Crippen MR) is 273 cm³/mol. The minimum atomic E-state index is 0.882. The molecular weight excluding hydrogens is 797 g/mol. The lowest BCUT2D eigenvalue weighted by Crippen LogP contribution is -2.10. The van der Waals surface area contributed by atoms with E-state index in [1.54, 1.807) is 0 Å². The number of nitrogens with zero attached hydrogens (tertiary/aromatic N) is 2. The number of thiophene rings is 1. The summed E-state index contributed by atoms with van der Waals surface area (Å²) in [6, 6.07) is 71.3. The van der Waals surface area contributed by atoms with E-state index in [1.807, 2.05) is 11.3 Å². The summed E-state index contributed by atoms with van der Waals surface area (Å²) in [6.45, 7) is 0. The third kappa shape index (κ3) is 5.21. The molecule has 0 spiro atoms. The highest BCUT2D eigenvalue weighted by Gasteiger charge is 2.25. The number of fused-ring (bicyclic) bond motifs is 15. The Morgan fingerprint density at radius 1 is 0.453 bits per heavy atom. The Labute approximate surface area is 372 Å². The Morgan fingerprint density at radius 2 is 1.14 bits per heavy atom. The molecule has 14 rings (SSSR count). The molecular formula is C60H38N2OS. The molecule has 3 aromatic heterocycles. The number of allylic oxidation sites excluding steroid dienone is 1. The largest absolute Gasteiger partial charge is 0.456 e. The number of aryl methyl sites for hydroxylation is 1. The molecule has 0 saturated heterocycles. The van der Waals surface area contributed by atoms with Gasteiger partial charge in [-0.15, -0.1) is 11.3 Å². The molecule has 0 radical (unpaired) electrons. The molecule has 0 atom stereocenters. The zero-order valence-electron chi connectivity index (χ0n) is 34.8. The molecule has 13 aromatic rings. The third-order valence-corrected chi connectivity index (χ3v) is 14.7. The summed E-state index contributed by atoms with van der Waals surface area (Å²) in [6.07, 6.45) is 6.77. The highest BCUT2D eigenvalue weighted by molar-refractivity contribution is 7.25. The number of anilines is 3. The van der Waals surface area contributed by atoms with E-state index in [9.17, 15) is 0 Å². The maximum absolute atomic E-state index is 6.80. The summed E-state index contributed by atoms with van der Waals surface area (Å²) in [5.41, 5.74) is 13.6. The van der Waals surface area contributed by atoms with Crippen molar-refractivity contribution < 1.29 is 4.42 Å². The van der Waals surface area contributed by atoms with E-state index in [1.165, 1.54) is 74.7 Å². The monoisotopic (exact) mass is 834 g/mol. The Hall–Kier alpha value is -7.92. The SMILES string of the molecule is C1=Cc2c(c3ccc(N(c4ccccc4)c4ccc5c(c4)c4c(-c6ccc7c(c6)sc6ccccc67)c6c(cc4n5-c4ccccc4)oc4ccccc46)cc3c3ccccc23)CC1. The van der Waals surface area contributed by atoms with Crippen LogP contribution >= 0.6 is 11.3 Å². The summed E-state index contributed by atoms with van der Waals surface area (Å²) in [5, 5.41) is 12.5. The van der Waals surface area contributed by atoms with Gasteiger partial charge in [-0.2, -0.15) is 0 Å². The van der Waals surface area contributed by atoms with Crippen LogP contribution in [0.1, 0.15) is 17.5 Å². The molecule has 0 fully saturated rings. The van der Waals surface area contributed by atoms with Crippen molar-refractivity contribution in [1.29, 1.82) is 0 Å². The van der Waals surface area contributed by atoms with Gasteiger partial charge in [0.2, 0.25) is 0 Å². The van der Waals surface area contributed by atoms with Crippen molar-refractivity contribution >= 4 is 120 Å². The minimum absolute atomic E-state index is 0.882. The van der Waals surface area contributed by atoms with E-state index >= 15 is 0 Å². The summed E-state index contributed by atoms with van der Waals surface area (Å²) < 4.78 is 11.8. The molecule has 0 amide bonds. The number of hydrogen-bond acceptors (Lipinski definition) is 3. The zero-order valence-corrected chi connectivity index (χ0v) is 35.6. The first kappa shape index (κ1) is 35.7. The van der Waals surface area contributed by atoms with Crippen molar-refractivity contribution in [3.05, 3.63) is 211 Å². The van der Waals surface area contributed by atoms with Gasteiger partial charge < -0.3 is 13.9 Å². The number of hydrogen-bond donors (Lipinski definition) is 0. The molecule has 1 aliphatic carbocycles. The second-order valence-corrected chi connectivity index (χ2v) is 18.2. The highest BCUT2D eigenvalue weighted by atomic mass is 32.1. The molecule has 0 aliphatic heterocycles. The third-order valence-electron chi connectivity index (χ3n) is 13.6. The Morgan fingerprint density at radius 3 is 2.00 bits per heavy atom. The molecule has 10 aromatic carbocycles. The average Bonchev–Trinajstić information content (AvgIpc) is 4.03. The van der Waals surface area contributed by atoms with E-state index in [-0.39, 0.29) is 0 Å². The van der Waals surface area contributed by atoms with Gasteiger partial charge in [-0.3, -0.25) is 0 Å². The first-order valence-electron chi connectivity index (χ1n) is 22.1. The standard InChI is InChI=1S/C60H38N2OS/c1-3-15-38(16-4-1)61(40-28-31-46-44-21-8-7-19-42(44)43-20-9-10-22-45(43)50(46)34-40)41-29-32-52-51(35-41)59-53(62(52)39-17-5-2-6-18-39)36-55-60(49-24-11-13-25-54(49)63-55)58(59)37-27-30-48-47-23-12-14-26-56(47)64-57(48)33-37/h1-7,9-20,22-36H,8,21H2. The molecule has 1 aliphatic rings. The number of rotatable bonds is 5. The summed E-state index contributed by atoms with van der Waals surface area (Å²) in [5.74, 6) is 0. The van der Waals surface area contributed by atoms with Crippen LogP contribution < -0.4 is 4.90 Å². The van der Waals surface area contributed by atoms with Crippen molar-refractivity contribution in [2.24, 2.45) is 0 Å². The molecule has 0 saturated carbocycles. The lowest BCUT2D eigenvalue weighted by atomic mass is 9.86. The summed E-state index contributed by atoms with van der Waals surface area (Å²) in [4.78, 5) is 2.44. The van der Waals surface area contributed by atoms with Gasteiger partial charge in [-0.25, -0.2) is 0 Å². The van der Waals surface area contributed by atoms with Gasteiger partial charge in [0, 0.05) is 76.1 Å². The molecule has 0 bridgehead atoms. The predicted octanol–water partition coefficient (Wildman–Crippen LogP) is 17.5. The van der Waals surface area contributed by atoms with Crippen LogP contribution in [0.15, 0.2) is 205 Å². The lowest BCUT2D eigenvalue weighted by molar-refractivity contribution is 0.669. The molecule has 64 heavy (non-hydrogen) atoms. The fourth-order valence-corrected chi connectivity index (χ4v) is 12.0. The van der Waals surface area contributed by atoms with Gasteiger partial charge in [0.05, 0.1) is 11.0 Å². The Bertz CT molecular complexity index is 4080. The zero-order chi connectivity index (χ0) is 41.9. The fraction of sp³-hybridized carbons (Fsp3) is 0.0333. The Balaban J connectivity index is 1.09. The first-order chi connectivity index (χ1) is 31.7. The van der Waals surface area contributed by atoms with E-state index in [0.29, 0.717) is 0 Å². The van der Waals surface area contributed by atoms with Crippen LogP contribution in [0.25, 0.3) is 108 Å². The van der Waals surface area contributed by atoms with E-state index < -0.39 is 0 Å². The maximum Gasteiger partial charge on any atom is 0.138 e. The molecule has 0 N–H and O–H groups in total. The van der Waals surface area contributed by atoms with Crippen LogP contribution in [0.5, 0.6) is 0 Å². The lowest BCUT2D eigenvalue weighted by Gasteiger charge is -2.27. The van der Waals surface area contributed by atoms with Gasteiger partial charge in [-0.1, -0.05) is 127 Å². The number of para-hydroxylation sites is 3. The van der Waals surface area contributed by atoms with Gasteiger partial charge in [-0.05, 0) is 124 Å². The Kier molecular flexibility index (Phi) is 7.68. The summed E-state index contributed by atoms with van der Waals surface area (Å²) in [7, 11) is 0. The van der Waals surface area contributed by atoms with Crippen LogP contribution in [0.3, 0.4) is 0 Å². The molecule has 300 valence electrons. The van der Waals surface area contributed by atoms with Gasteiger partial charge in [0.25, 0.3) is 0 Å². The molecule has 3 heterocycles. The second kappa shape index (κ2) is 13.8. The summed E-state index contributed by atoms with van der Waals surface area (Å²) >= 11 is 1.86. The highest BCUT2D eigenvalue weighted by Crippen LogP contribution is 2.49. The van der Waals surface area contributed by atoms with E-state index in [2.05, 4.69) is 216 Å². The van der Waals surface area contributed by atoms with Crippen LogP contribution in [0.4, 0.5) is 17.1 Å². The van der Waals surface area contributed by atoms with Gasteiger partial charge >= 0.3 is 0 Å². The van der Waals surface area contributed by atoms with Crippen molar-refractivity contribution in [3.8, 4) is 16.8 Å². The van der Waals surface area contributed by atoms with Crippen molar-refractivity contribution in [1.82, 2.24) is 4.57 Å². The van der Waals surface area contributed by atoms with Crippen LogP contribution in [-0.4, -0.2) is 4.57 Å². The second-order valence-electron chi connectivity index (χ2n) is 17.1. The molecule has 3 nitrogen and oxygen atoms in total. The number of furan rings is 1. The quantitative estimate of drug-likeness (QED) is 0.161. The van der Waals surface area contributed by atoms with Crippen LogP contribution in [-0.2, 0) is 6.42 Å². The van der Waals surface area contributed by atoms with Crippen molar-refractivity contribution in [2.75, 3.05) is 4.90 Å². The van der Waals surface area contributed by atoms with E-state index in [4.69, 9.17) is 4.42 Å². The van der Waals surface area contributed by atoms with Crippen LogP contribution in [0, 0.1) is 0 Å². The molecule has 4 heteroatoms. The number of benzene rings is 10. The molecule has 0 unspecified atom stereocenters. The normalized spacial score (nSPS) is 12.8. The van der Waals surface area contributed by atoms with Gasteiger partial charge in [0.1, 0.15) is 11.2 Å². The number of aromatic nitrogens is 1. The van der Waals surface area contributed by atoms with Crippen LogP contribution in [0.2, 0.25) is 0 Å². The topological polar surface area (TPSA) is 21.3 Å². The van der Waals surface area contributed by atoms with E-state index in [0.717, 1.165) is 68.6 Å². The fourth-order valence-electron chi connectivity index (χ4n) is 10.9. The van der Waals surface area contributed by atoms with Crippen molar-refractivity contribution in [3.63, 3.8) is 0 Å². The first-order valence-corrected chi connectivity index (χ1v) is 23.0. The van der Waals surface area contributed by atoms with Crippen molar-refractivity contribution in [2.45, 2.75) is 12.8 Å². The minimum Gasteiger partial charge on any atom is -0.456 e. The smallest absolute Gasteiger partial charge is 0.138 e. The maximum atomic E-state index is 6.80. The van der Waals surface area contributed by atoms with Gasteiger partial charge in [0.15, 0.2) is 0 Å². The average molecular weight is 835 g/mol.